The van der Waals surface area contributed by atoms with Gasteiger partial charge in [-0.2, -0.15) is 4.98 Å². The lowest BCUT2D eigenvalue weighted by atomic mass is 9.78. The van der Waals surface area contributed by atoms with Gasteiger partial charge in [0.15, 0.2) is 5.76 Å². The number of piperidine rings is 1. The summed E-state index contributed by atoms with van der Waals surface area (Å²) < 4.78 is 15.4. The normalized spacial score (nSPS) is 17.2. The SMILES string of the molecule is COc1ccc(C(=O)N2CCC3(CCN(C(=O)CNC(=O)c4ccco4)CC3)C2)c(OC)n1. The fourth-order valence-electron chi connectivity index (χ4n) is 4.54. The number of hydrogen-bond donors (Lipinski definition) is 1. The van der Waals surface area contributed by atoms with E-state index < -0.39 is 5.91 Å². The molecule has 0 unspecified atom stereocenters. The Morgan fingerprint density at radius 2 is 1.79 bits per heavy atom. The van der Waals surface area contributed by atoms with E-state index in [-0.39, 0.29) is 35.4 Å². The molecule has 2 aliphatic heterocycles. The molecule has 0 saturated carbocycles. The molecule has 33 heavy (non-hydrogen) atoms. The second-order valence-electron chi connectivity index (χ2n) is 8.43. The van der Waals surface area contributed by atoms with Gasteiger partial charge in [-0.3, -0.25) is 14.4 Å². The summed E-state index contributed by atoms with van der Waals surface area (Å²) in [5, 5.41) is 2.60. The Morgan fingerprint density at radius 3 is 2.42 bits per heavy atom. The van der Waals surface area contributed by atoms with Crippen LogP contribution in [0, 0.1) is 5.41 Å². The van der Waals surface area contributed by atoms with Gasteiger partial charge in [0, 0.05) is 32.2 Å². The number of carbonyl (C=O) groups excluding carboxylic acids is 3. The number of carbonyl (C=O) groups is 3. The lowest BCUT2D eigenvalue weighted by Crippen LogP contribution is -2.47. The van der Waals surface area contributed by atoms with E-state index in [9.17, 15) is 14.4 Å². The highest BCUT2D eigenvalue weighted by atomic mass is 16.5. The van der Waals surface area contributed by atoms with E-state index >= 15 is 0 Å². The van der Waals surface area contributed by atoms with Gasteiger partial charge in [0.2, 0.25) is 17.7 Å². The summed E-state index contributed by atoms with van der Waals surface area (Å²) in [6.45, 7) is 2.43. The Labute approximate surface area is 191 Å². The first-order valence-electron chi connectivity index (χ1n) is 10.9. The smallest absolute Gasteiger partial charge is 0.287 e. The minimum Gasteiger partial charge on any atom is -0.481 e. The van der Waals surface area contributed by atoms with Crippen LogP contribution in [-0.2, 0) is 4.79 Å². The molecule has 0 aromatic carbocycles. The topological polar surface area (TPSA) is 114 Å². The highest BCUT2D eigenvalue weighted by Gasteiger charge is 2.43. The number of likely N-dealkylation sites (tertiary alicyclic amines) is 2. The van der Waals surface area contributed by atoms with Gasteiger partial charge in [0.05, 0.1) is 27.0 Å². The van der Waals surface area contributed by atoms with E-state index in [2.05, 4.69) is 10.3 Å². The molecule has 3 amide bonds. The minimum absolute atomic E-state index is 0.00299. The molecule has 2 fully saturated rings. The van der Waals surface area contributed by atoms with Crippen molar-refractivity contribution in [3.05, 3.63) is 41.9 Å². The van der Waals surface area contributed by atoms with E-state index in [4.69, 9.17) is 13.9 Å². The van der Waals surface area contributed by atoms with Crippen molar-refractivity contribution < 1.29 is 28.3 Å². The molecule has 4 heterocycles. The summed E-state index contributed by atoms with van der Waals surface area (Å²) in [6.07, 6.45) is 3.93. The first-order chi connectivity index (χ1) is 15.9. The van der Waals surface area contributed by atoms with Crippen LogP contribution >= 0.6 is 0 Å². The fourth-order valence-corrected chi connectivity index (χ4v) is 4.54. The zero-order chi connectivity index (χ0) is 23.4. The maximum absolute atomic E-state index is 13.1. The Morgan fingerprint density at radius 1 is 1.06 bits per heavy atom. The summed E-state index contributed by atoms with van der Waals surface area (Å²) in [4.78, 5) is 45.4. The highest BCUT2D eigenvalue weighted by molar-refractivity contribution is 5.96. The van der Waals surface area contributed by atoms with Crippen LogP contribution in [0.5, 0.6) is 11.8 Å². The number of furan rings is 1. The van der Waals surface area contributed by atoms with E-state index in [0.29, 0.717) is 37.6 Å². The van der Waals surface area contributed by atoms with Crippen LogP contribution in [0.2, 0.25) is 0 Å². The molecule has 0 aliphatic carbocycles. The number of hydrogen-bond acceptors (Lipinski definition) is 7. The van der Waals surface area contributed by atoms with Crippen LogP contribution in [0.15, 0.2) is 34.9 Å². The molecule has 10 nitrogen and oxygen atoms in total. The van der Waals surface area contributed by atoms with Crippen molar-refractivity contribution in [3.8, 4) is 11.8 Å². The van der Waals surface area contributed by atoms with Crippen molar-refractivity contribution >= 4 is 17.7 Å². The van der Waals surface area contributed by atoms with Crippen molar-refractivity contribution in [3.63, 3.8) is 0 Å². The van der Waals surface area contributed by atoms with Gasteiger partial charge < -0.3 is 29.0 Å². The number of pyridine rings is 1. The van der Waals surface area contributed by atoms with E-state index in [1.54, 1.807) is 29.2 Å². The van der Waals surface area contributed by atoms with E-state index in [0.717, 1.165) is 19.3 Å². The minimum atomic E-state index is -0.407. The zero-order valence-corrected chi connectivity index (χ0v) is 18.8. The van der Waals surface area contributed by atoms with E-state index in [1.807, 2.05) is 4.90 Å². The van der Waals surface area contributed by atoms with Crippen molar-refractivity contribution in [2.45, 2.75) is 19.3 Å². The monoisotopic (exact) mass is 456 g/mol. The molecule has 4 rings (SSSR count). The number of ether oxygens (including phenoxy) is 2. The second kappa shape index (κ2) is 9.51. The third kappa shape index (κ3) is 4.79. The summed E-state index contributed by atoms with van der Waals surface area (Å²) in [5.74, 6) is 0.175. The molecule has 2 saturated heterocycles. The Bertz CT molecular complexity index is 1010. The molecular weight excluding hydrogens is 428 g/mol. The fraction of sp³-hybridized carbons (Fsp3) is 0.478. The van der Waals surface area contributed by atoms with Crippen molar-refractivity contribution in [2.75, 3.05) is 46.9 Å². The van der Waals surface area contributed by atoms with Crippen LogP contribution < -0.4 is 14.8 Å². The van der Waals surface area contributed by atoms with Gasteiger partial charge in [0.25, 0.3) is 11.8 Å². The molecule has 176 valence electrons. The van der Waals surface area contributed by atoms with Crippen LogP contribution in [0.3, 0.4) is 0 Å². The molecular formula is C23H28N4O6. The molecule has 0 atom stereocenters. The zero-order valence-electron chi connectivity index (χ0n) is 18.8. The van der Waals surface area contributed by atoms with Crippen LogP contribution in [-0.4, -0.2) is 79.4 Å². The van der Waals surface area contributed by atoms with Gasteiger partial charge in [-0.25, -0.2) is 0 Å². The third-order valence-electron chi connectivity index (χ3n) is 6.52. The van der Waals surface area contributed by atoms with Gasteiger partial charge in [-0.1, -0.05) is 0 Å². The quantitative estimate of drug-likeness (QED) is 0.702. The van der Waals surface area contributed by atoms with Gasteiger partial charge >= 0.3 is 0 Å². The molecule has 2 aromatic rings. The molecule has 1 spiro atoms. The maximum Gasteiger partial charge on any atom is 0.287 e. The Kier molecular flexibility index (Phi) is 6.52. The van der Waals surface area contributed by atoms with Crippen molar-refractivity contribution in [2.24, 2.45) is 5.41 Å². The van der Waals surface area contributed by atoms with E-state index in [1.165, 1.54) is 20.5 Å². The Hall–Kier alpha value is -3.56. The average molecular weight is 456 g/mol. The number of nitrogens with one attached hydrogen (secondary N) is 1. The standard InChI is InChI=1S/C23H28N4O6/c1-31-18-6-5-16(21(25-18)32-2)22(30)27-12-9-23(15-27)7-10-26(11-8-23)19(28)14-24-20(29)17-4-3-13-33-17/h3-6,13H,7-12,14-15H2,1-2H3,(H,24,29). The predicted octanol–water partition coefficient (Wildman–Crippen LogP) is 1.58. The summed E-state index contributed by atoms with van der Waals surface area (Å²) in [6, 6.07) is 6.50. The molecule has 0 bridgehead atoms. The Balaban J connectivity index is 1.30. The molecule has 10 heteroatoms. The van der Waals surface area contributed by atoms with Gasteiger partial charge in [0.1, 0.15) is 5.56 Å². The van der Waals surface area contributed by atoms with Crippen molar-refractivity contribution in [1.29, 1.82) is 0 Å². The summed E-state index contributed by atoms with van der Waals surface area (Å²) in [5.41, 5.74) is 0.409. The van der Waals surface area contributed by atoms with Crippen LogP contribution in [0.4, 0.5) is 0 Å². The summed E-state index contributed by atoms with van der Waals surface area (Å²) in [7, 11) is 2.99. The lowest BCUT2D eigenvalue weighted by molar-refractivity contribution is -0.132. The number of amides is 3. The number of rotatable bonds is 6. The largest absolute Gasteiger partial charge is 0.481 e. The lowest BCUT2D eigenvalue weighted by Gasteiger charge is -2.39. The number of methoxy groups -OCH3 is 2. The van der Waals surface area contributed by atoms with Crippen LogP contribution in [0.25, 0.3) is 0 Å². The first-order valence-corrected chi connectivity index (χ1v) is 10.9. The van der Waals surface area contributed by atoms with Crippen molar-refractivity contribution in [1.82, 2.24) is 20.1 Å². The first kappa shape index (κ1) is 22.6. The van der Waals surface area contributed by atoms with Gasteiger partial charge in [-0.05, 0) is 42.9 Å². The molecule has 1 N–H and O–H groups in total. The molecule has 2 aromatic heterocycles. The highest BCUT2D eigenvalue weighted by Crippen LogP contribution is 2.41. The number of nitrogens with zero attached hydrogens (tertiary/aromatic N) is 3. The maximum atomic E-state index is 13.1. The second-order valence-corrected chi connectivity index (χ2v) is 8.43. The third-order valence-corrected chi connectivity index (χ3v) is 6.52. The van der Waals surface area contributed by atoms with Crippen LogP contribution in [0.1, 0.15) is 40.2 Å². The molecule has 0 radical (unpaired) electrons. The predicted molar refractivity (Wildman–Crippen MR) is 117 cm³/mol. The number of aromatic nitrogens is 1. The average Bonchev–Trinajstić information content (AvgIpc) is 3.53. The van der Waals surface area contributed by atoms with Gasteiger partial charge in [-0.15, -0.1) is 0 Å². The molecule has 2 aliphatic rings. The summed E-state index contributed by atoms with van der Waals surface area (Å²) >= 11 is 0.